The number of carboxylic acid groups (broad SMARTS) is 4. The SMILES string of the molecule is CCCCCCCCCC(=O)N[C@@H](Cc1c[nH]c2ccccc12)C(=O)N[C@@H](CC(N)=O)C(=O)N[C@@H](CC(=O)O)C(=O)NC1C(=O)NCC(=O)N[C@@H](CCCNCc2ccccc2N)C(=O)NC(CC(=O)O)C(=O)N[C@H](C)C(=O)N[C@@H](CC(=O)O)C(=O)NCC(=O)N[C@H](CO)C(=O)NC([C@H](C)CC(=O)O)C(=O)N[C@@H](CC(=O)c2ccccc2N)C(=O)OC1C. The summed E-state index contributed by atoms with van der Waals surface area (Å²) in [6.45, 7) is 1.51. The fourth-order valence-corrected chi connectivity index (χ4v) is 12.8. The number of carboxylic acids is 4. The van der Waals surface area contributed by atoms with Crippen molar-refractivity contribution in [3.05, 3.63) is 95.7 Å². The van der Waals surface area contributed by atoms with Crippen molar-refractivity contribution in [2.24, 2.45) is 11.7 Å². The van der Waals surface area contributed by atoms with E-state index in [4.69, 9.17) is 21.9 Å². The molecule has 4 unspecified atom stereocenters. The second-order valence-corrected chi connectivity index (χ2v) is 29.3. The van der Waals surface area contributed by atoms with Gasteiger partial charge < -0.3 is 127 Å². The number of primary amides is 1. The number of Topliss-reactive ketones (excluding diaryl/α,β-unsaturated/α-hetero) is 1. The molecule has 5 rings (SSSR count). The third kappa shape index (κ3) is 34.2. The van der Waals surface area contributed by atoms with Gasteiger partial charge in [-0.3, -0.25) is 91.1 Å². The maximum atomic E-state index is 15.0. The van der Waals surface area contributed by atoms with E-state index < -0.39 is 255 Å². The fourth-order valence-electron chi connectivity index (χ4n) is 12.8. The average Bonchev–Trinajstić information content (AvgIpc) is 1.74. The molecule has 3 aromatic carbocycles. The number of carbonyl (C=O) groups is 20. The monoisotopic (exact) mass is 1720 g/mol. The number of amides is 14. The summed E-state index contributed by atoms with van der Waals surface area (Å²) in [5.41, 5.74) is 19.6. The van der Waals surface area contributed by atoms with Crippen LogP contribution in [0.4, 0.5) is 11.4 Å². The largest absolute Gasteiger partial charge is 0.481 e. The summed E-state index contributed by atoms with van der Waals surface area (Å²) >= 11 is 0. The fraction of sp³-hybridized carbons (Fsp3) is 0.494. The van der Waals surface area contributed by atoms with Crippen LogP contribution >= 0.6 is 0 Å². The lowest BCUT2D eigenvalue weighted by atomic mass is 9.96. The lowest BCUT2D eigenvalue weighted by Crippen LogP contribution is -2.62. The van der Waals surface area contributed by atoms with Gasteiger partial charge in [-0.05, 0) is 81.0 Å². The van der Waals surface area contributed by atoms with E-state index in [2.05, 4.69) is 70.4 Å². The molecule has 44 nitrogen and oxygen atoms in total. The molecule has 26 N–H and O–H groups in total. The maximum absolute atomic E-state index is 15.0. The number of H-pyrrole nitrogens is 1. The molecule has 1 aliphatic heterocycles. The number of anilines is 2. The molecule has 0 spiro atoms. The number of hydrogen-bond donors (Lipinski definition) is 23. The van der Waals surface area contributed by atoms with Gasteiger partial charge in [0.2, 0.25) is 82.7 Å². The molecule has 1 aromatic heterocycles. The van der Waals surface area contributed by atoms with Crippen LogP contribution in [-0.4, -0.2) is 248 Å². The average molecular weight is 1730 g/mol. The minimum absolute atomic E-state index is 0.0225. The first-order valence-electron chi connectivity index (χ1n) is 39.6. The van der Waals surface area contributed by atoms with Crippen molar-refractivity contribution in [1.29, 1.82) is 0 Å². The molecule has 13 atom stereocenters. The quantitative estimate of drug-likeness (QED) is 0.00875. The highest BCUT2D eigenvalue weighted by Gasteiger charge is 2.41. The van der Waals surface area contributed by atoms with Gasteiger partial charge in [-0.1, -0.05) is 101 Å². The molecular formula is C79H108N18O26. The summed E-state index contributed by atoms with van der Waals surface area (Å²) in [7, 11) is 0. The van der Waals surface area contributed by atoms with Gasteiger partial charge in [0.25, 0.3) is 0 Å². The number of esters is 1. The van der Waals surface area contributed by atoms with Crippen LogP contribution in [0.25, 0.3) is 10.9 Å². The van der Waals surface area contributed by atoms with Crippen LogP contribution in [0.5, 0.6) is 0 Å². The van der Waals surface area contributed by atoms with E-state index >= 15 is 0 Å². The summed E-state index contributed by atoms with van der Waals surface area (Å²) in [4.78, 5) is 279. The zero-order valence-corrected chi connectivity index (χ0v) is 68.1. The van der Waals surface area contributed by atoms with E-state index in [9.17, 15) is 121 Å². The molecule has 1 aliphatic rings. The zero-order chi connectivity index (χ0) is 91.2. The Hall–Kier alpha value is -13.7. The first-order valence-corrected chi connectivity index (χ1v) is 39.6. The summed E-state index contributed by atoms with van der Waals surface area (Å²) in [5, 5.41) is 82.6. The molecule has 123 heavy (non-hydrogen) atoms. The van der Waals surface area contributed by atoms with Gasteiger partial charge in [0, 0.05) is 59.8 Å². The summed E-state index contributed by atoms with van der Waals surface area (Å²) in [6, 6.07) is -3.95. The second-order valence-electron chi connectivity index (χ2n) is 29.3. The van der Waals surface area contributed by atoms with E-state index in [1.807, 2.05) is 16.0 Å². The predicted octanol–water partition coefficient (Wildman–Crippen LogP) is -4.21. The molecule has 1 fully saturated rings. The number of aromatic nitrogens is 1. The van der Waals surface area contributed by atoms with E-state index in [1.54, 1.807) is 54.7 Å². The minimum Gasteiger partial charge on any atom is -0.481 e. The standard InChI is InChI=1S/C79H108N18O26/c1-5-6-7-8-9-10-11-26-60(101)89-51(29-44-36-84-49-24-17-14-20-45(44)49)73(116)92-52(31-59(82)100)74(117)94-55(34-66(110)111)75(118)97-68-42(4)123-79(122)56(30-58(99)46-21-13-16-23-48(46)81)95-78(121)67(40(2)28-63(104)105)96-76(119)57(39-98)90-62(103)37-85-70(113)53(32-64(106)107)91-69(112)41(3)87-72(115)54(33-65(108)109)93-71(114)50(88-61(102)38-86-77(68)120)25-18-27-83-35-43-19-12-15-22-47(43)80/h12-17,19-24,36,40-42,50-57,67-68,83-84,98H,5-11,18,25-35,37-39,80-81H2,1-4H3,(H2,82,100)(H,85,113)(H,86,120)(H,87,115)(H,88,102)(H,89,101)(H,90,103)(H,91,112)(H,92,116)(H,93,114)(H,94,117)(H,95,121)(H,96,119)(H,97,118)(H,104,105)(H,106,107)(H,108,109)(H,110,111)/t40-,41-,42?,50+,51+,52+,53+,54?,55+,56+,57-,67?,68?/m1/s1. The molecular weight excluding hydrogens is 1620 g/mol. The van der Waals surface area contributed by atoms with Gasteiger partial charge in [0.1, 0.15) is 72.6 Å². The summed E-state index contributed by atoms with van der Waals surface area (Å²) in [5.74, 6) is -29.8. The van der Waals surface area contributed by atoms with Crippen molar-refractivity contribution in [2.75, 3.05) is 37.7 Å². The number of aliphatic hydroxyl groups is 1. The number of benzene rings is 3. The number of cyclic esters (lactones) is 1. The van der Waals surface area contributed by atoms with E-state index in [1.165, 1.54) is 24.3 Å². The number of aromatic amines is 1. The topological polar surface area (TPSA) is 714 Å². The molecule has 0 aliphatic carbocycles. The second kappa shape index (κ2) is 50.4. The van der Waals surface area contributed by atoms with Crippen molar-refractivity contribution >= 4 is 141 Å². The maximum Gasteiger partial charge on any atom is 0.329 e. The van der Waals surface area contributed by atoms with Crippen LogP contribution in [0.15, 0.2) is 79.0 Å². The molecule has 14 amide bonds. The highest BCUT2D eigenvalue weighted by molar-refractivity contribution is 6.05. The Labute approximate surface area is 704 Å². The smallest absolute Gasteiger partial charge is 0.329 e. The number of ketones is 1. The Morgan fingerprint density at radius 3 is 1.68 bits per heavy atom. The Bertz CT molecular complexity index is 4480. The minimum atomic E-state index is -2.46. The first kappa shape index (κ1) is 99.9. The van der Waals surface area contributed by atoms with Gasteiger partial charge in [-0.25, -0.2) is 4.79 Å². The highest BCUT2D eigenvalue weighted by Crippen LogP contribution is 2.22. The lowest BCUT2D eigenvalue weighted by molar-refractivity contribution is -0.156. The molecule has 44 heteroatoms. The number of para-hydroxylation sites is 3. The van der Waals surface area contributed by atoms with Crippen LogP contribution in [0.2, 0.25) is 0 Å². The Morgan fingerprint density at radius 1 is 0.520 bits per heavy atom. The summed E-state index contributed by atoms with van der Waals surface area (Å²) in [6.07, 6.45) is -2.34. The van der Waals surface area contributed by atoms with Crippen LogP contribution in [0, 0.1) is 5.92 Å². The number of aliphatic carboxylic acids is 4. The van der Waals surface area contributed by atoms with Crippen molar-refractivity contribution in [3.63, 3.8) is 0 Å². The molecule has 0 saturated carbocycles. The lowest BCUT2D eigenvalue weighted by Gasteiger charge is -2.30. The van der Waals surface area contributed by atoms with Crippen molar-refractivity contribution in [3.8, 4) is 0 Å². The number of hydrogen-bond acceptors (Lipinski definition) is 25. The van der Waals surface area contributed by atoms with Crippen LogP contribution in [0.3, 0.4) is 0 Å². The number of rotatable bonds is 38. The van der Waals surface area contributed by atoms with Gasteiger partial charge >= 0.3 is 29.8 Å². The zero-order valence-electron chi connectivity index (χ0n) is 68.1. The number of nitrogen functional groups attached to an aromatic ring is 2. The van der Waals surface area contributed by atoms with Crippen LogP contribution < -0.4 is 91.6 Å². The molecule has 670 valence electrons. The van der Waals surface area contributed by atoms with Crippen LogP contribution in [0.1, 0.15) is 152 Å². The number of fused-ring (bicyclic) bond motifs is 1. The number of aliphatic hydroxyl groups excluding tert-OH is 1. The van der Waals surface area contributed by atoms with E-state index in [0.717, 1.165) is 52.9 Å². The number of carbonyl (C=O) groups excluding carboxylic acids is 16. The van der Waals surface area contributed by atoms with E-state index in [-0.39, 0.29) is 50.0 Å². The molecule has 2 heterocycles. The molecule has 0 bridgehead atoms. The van der Waals surface area contributed by atoms with Crippen molar-refractivity contribution in [2.45, 2.75) is 216 Å². The molecule has 4 aromatic rings. The van der Waals surface area contributed by atoms with Crippen molar-refractivity contribution in [1.82, 2.24) is 79.4 Å². The van der Waals surface area contributed by atoms with Gasteiger partial charge in [0.05, 0.1) is 51.8 Å². The Balaban J connectivity index is 1.63. The first-order chi connectivity index (χ1) is 58.3. The van der Waals surface area contributed by atoms with E-state index in [0.29, 0.717) is 40.6 Å². The van der Waals surface area contributed by atoms with Crippen LogP contribution in [-0.2, 0) is 109 Å². The summed E-state index contributed by atoms with van der Waals surface area (Å²) < 4.78 is 5.73. The molecule has 0 radical (unpaired) electrons. The third-order valence-corrected chi connectivity index (χ3v) is 19.4. The number of nitrogens with one attached hydrogen (secondary N) is 15. The highest BCUT2D eigenvalue weighted by atomic mass is 16.5. The number of unbranched alkanes of at least 4 members (excludes halogenated alkanes) is 6. The predicted molar refractivity (Wildman–Crippen MR) is 434 cm³/mol. The number of nitrogens with two attached hydrogens (primary N) is 3. The van der Waals surface area contributed by atoms with Gasteiger partial charge in [-0.2, -0.15) is 0 Å². The Kier molecular flexibility index (Phi) is 40.9. The van der Waals surface area contributed by atoms with Gasteiger partial charge in [-0.15, -0.1) is 0 Å². The Morgan fingerprint density at radius 2 is 1.07 bits per heavy atom. The van der Waals surface area contributed by atoms with Crippen molar-refractivity contribution < 1.29 is 126 Å². The van der Waals surface area contributed by atoms with Gasteiger partial charge in [0.15, 0.2) is 5.78 Å². The third-order valence-electron chi connectivity index (χ3n) is 19.4. The number of ether oxygens (including phenoxy) is 1. The normalized spacial score (nSPS) is 20.5. The molecule has 1 saturated heterocycles.